The van der Waals surface area contributed by atoms with Gasteiger partial charge >= 0.3 is 0 Å². The molecule has 0 saturated heterocycles. The fourth-order valence-corrected chi connectivity index (χ4v) is 3.07. The Bertz CT molecular complexity index is 830. The highest BCUT2D eigenvalue weighted by molar-refractivity contribution is 7.10. The molecule has 2 heterocycles. The molecule has 0 bridgehead atoms. The maximum Gasteiger partial charge on any atom is 0.246 e. The molecule has 0 saturated carbocycles. The van der Waals surface area contributed by atoms with Crippen molar-refractivity contribution < 1.29 is 9.32 Å². The minimum atomic E-state index is -0.0586. The second kappa shape index (κ2) is 7.19. The van der Waals surface area contributed by atoms with Crippen LogP contribution < -0.4 is 5.32 Å². The molecule has 3 rings (SSSR count). The van der Waals surface area contributed by atoms with E-state index in [2.05, 4.69) is 48.4 Å². The summed E-state index contributed by atoms with van der Waals surface area (Å²) in [6, 6.07) is 12.0. The topological polar surface area (TPSA) is 68.0 Å². The first-order valence-electron chi connectivity index (χ1n) is 8.14. The first-order valence-corrected chi connectivity index (χ1v) is 9.02. The minimum Gasteiger partial charge on any atom is -0.347 e. The van der Waals surface area contributed by atoms with Crippen LogP contribution in [0, 0.1) is 0 Å². The van der Waals surface area contributed by atoms with Gasteiger partial charge in [0.15, 0.2) is 0 Å². The number of carbonyl (C=O) groups excluding carboxylic acids is 1. The van der Waals surface area contributed by atoms with Gasteiger partial charge in [-0.2, -0.15) is 4.98 Å². The number of carbonyl (C=O) groups is 1. The average molecular weight is 355 g/mol. The Morgan fingerprint density at radius 2 is 1.96 bits per heavy atom. The van der Waals surface area contributed by atoms with Crippen molar-refractivity contribution in [2.24, 2.45) is 0 Å². The lowest BCUT2D eigenvalue weighted by Crippen LogP contribution is -2.24. The lowest BCUT2D eigenvalue weighted by atomic mass is 9.87. The van der Waals surface area contributed by atoms with Crippen LogP contribution in [0.15, 0.2) is 46.3 Å². The van der Waals surface area contributed by atoms with Crippen molar-refractivity contribution in [3.05, 3.63) is 58.1 Å². The summed E-state index contributed by atoms with van der Waals surface area (Å²) in [5, 5.41) is 8.76. The van der Waals surface area contributed by atoms with Gasteiger partial charge in [-0.25, -0.2) is 0 Å². The monoisotopic (exact) mass is 355 g/mol. The summed E-state index contributed by atoms with van der Waals surface area (Å²) in [4.78, 5) is 17.3. The molecule has 0 aliphatic rings. The number of nitrogens with zero attached hydrogens (tertiary/aromatic N) is 2. The highest BCUT2D eigenvalue weighted by Crippen LogP contribution is 2.24. The van der Waals surface area contributed by atoms with Crippen LogP contribution in [0.1, 0.15) is 37.1 Å². The highest BCUT2D eigenvalue weighted by Gasteiger charge is 2.15. The van der Waals surface area contributed by atoms with E-state index in [1.807, 2.05) is 29.6 Å². The van der Waals surface area contributed by atoms with E-state index < -0.39 is 0 Å². The molecule has 0 spiro atoms. The summed E-state index contributed by atoms with van der Waals surface area (Å²) in [6.45, 7) is 6.76. The van der Waals surface area contributed by atoms with Crippen LogP contribution in [0.25, 0.3) is 11.4 Å². The third-order valence-corrected chi connectivity index (χ3v) is 4.71. The van der Waals surface area contributed by atoms with Gasteiger partial charge in [0.2, 0.25) is 17.6 Å². The smallest absolute Gasteiger partial charge is 0.246 e. The molecular weight excluding hydrogens is 334 g/mol. The van der Waals surface area contributed by atoms with Crippen LogP contribution in [-0.4, -0.2) is 16.0 Å². The van der Waals surface area contributed by atoms with E-state index in [0.717, 1.165) is 10.4 Å². The normalized spacial score (nSPS) is 11.5. The molecule has 2 aromatic heterocycles. The van der Waals surface area contributed by atoms with E-state index in [9.17, 15) is 4.79 Å². The van der Waals surface area contributed by atoms with E-state index in [1.54, 1.807) is 11.3 Å². The van der Waals surface area contributed by atoms with E-state index >= 15 is 0 Å². The molecule has 5 nitrogen and oxygen atoms in total. The van der Waals surface area contributed by atoms with Gasteiger partial charge in [0, 0.05) is 10.4 Å². The molecule has 0 unspecified atom stereocenters. The summed E-state index contributed by atoms with van der Waals surface area (Å²) in [6.07, 6.45) is 0.368. The summed E-state index contributed by atoms with van der Waals surface area (Å²) < 4.78 is 5.23. The zero-order chi connectivity index (χ0) is 17.9. The molecule has 0 fully saturated rings. The molecule has 1 amide bonds. The molecule has 0 aliphatic heterocycles. The Balaban J connectivity index is 1.59. The Labute approximate surface area is 151 Å². The summed E-state index contributed by atoms with van der Waals surface area (Å²) in [5.74, 6) is 0.870. The number of aromatic nitrogens is 2. The number of benzene rings is 1. The van der Waals surface area contributed by atoms with Crippen molar-refractivity contribution in [1.29, 1.82) is 0 Å². The molecule has 0 atom stereocenters. The Morgan fingerprint density at radius 3 is 2.60 bits per heavy atom. The first-order chi connectivity index (χ1) is 11.9. The largest absolute Gasteiger partial charge is 0.347 e. The lowest BCUT2D eigenvalue weighted by Gasteiger charge is -2.18. The van der Waals surface area contributed by atoms with Gasteiger partial charge in [-0.1, -0.05) is 56.3 Å². The first kappa shape index (κ1) is 17.4. The van der Waals surface area contributed by atoms with Crippen LogP contribution >= 0.6 is 11.3 Å². The second-order valence-corrected chi connectivity index (χ2v) is 7.90. The molecule has 25 heavy (non-hydrogen) atoms. The van der Waals surface area contributed by atoms with Crippen LogP contribution in [0.2, 0.25) is 0 Å². The Hall–Kier alpha value is -2.47. The number of hydrogen-bond donors (Lipinski definition) is 1. The van der Waals surface area contributed by atoms with Gasteiger partial charge in [-0.3, -0.25) is 4.79 Å². The number of rotatable bonds is 5. The van der Waals surface area contributed by atoms with Gasteiger partial charge in [-0.05, 0) is 22.4 Å². The Morgan fingerprint density at radius 1 is 1.20 bits per heavy atom. The molecule has 1 N–H and O–H groups in total. The summed E-state index contributed by atoms with van der Waals surface area (Å²) >= 11 is 1.56. The predicted octanol–water partition coefficient (Wildman–Crippen LogP) is 3.95. The van der Waals surface area contributed by atoms with Gasteiger partial charge in [-0.15, -0.1) is 11.3 Å². The van der Waals surface area contributed by atoms with Crippen molar-refractivity contribution in [2.75, 3.05) is 0 Å². The standard InChI is InChI=1S/C19H21N3O2S/c1-19(2,3)14-8-6-13(7-9-14)18-21-17(24-22-18)12-20-16(23)11-15-5-4-10-25-15/h4-10H,11-12H2,1-3H3,(H,20,23). The number of nitrogens with one attached hydrogen (secondary N) is 1. The van der Waals surface area contributed by atoms with Crippen molar-refractivity contribution in [3.8, 4) is 11.4 Å². The van der Waals surface area contributed by atoms with Gasteiger partial charge in [0.25, 0.3) is 0 Å². The molecule has 0 aliphatic carbocycles. The van der Waals surface area contributed by atoms with Crippen molar-refractivity contribution in [2.45, 2.75) is 39.2 Å². The van der Waals surface area contributed by atoms with Gasteiger partial charge in [0.05, 0.1) is 13.0 Å². The number of thiophene rings is 1. The Kier molecular flexibility index (Phi) is 4.99. The van der Waals surface area contributed by atoms with Crippen LogP contribution in [0.4, 0.5) is 0 Å². The minimum absolute atomic E-state index is 0.0586. The summed E-state index contributed by atoms with van der Waals surface area (Å²) in [7, 11) is 0. The van der Waals surface area contributed by atoms with Crippen LogP contribution in [0.5, 0.6) is 0 Å². The second-order valence-electron chi connectivity index (χ2n) is 6.87. The fourth-order valence-electron chi connectivity index (χ4n) is 2.37. The van der Waals surface area contributed by atoms with Gasteiger partial charge in [0.1, 0.15) is 0 Å². The maximum atomic E-state index is 11.9. The zero-order valence-corrected chi connectivity index (χ0v) is 15.4. The van der Waals surface area contributed by atoms with Crippen molar-refractivity contribution >= 4 is 17.2 Å². The van der Waals surface area contributed by atoms with E-state index in [4.69, 9.17) is 4.52 Å². The molecular formula is C19H21N3O2S. The molecule has 130 valence electrons. The van der Waals surface area contributed by atoms with Crippen LogP contribution in [0.3, 0.4) is 0 Å². The van der Waals surface area contributed by atoms with E-state index in [0.29, 0.717) is 18.1 Å². The third kappa shape index (κ3) is 4.54. The SMILES string of the molecule is CC(C)(C)c1ccc(-c2noc(CNC(=O)Cc3cccs3)n2)cc1. The van der Waals surface area contributed by atoms with Crippen molar-refractivity contribution in [1.82, 2.24) is 15.5 Å². The molecule has 6 heteroatoms. The summed E-state index contributed by atoms with van der Waals surface area (Å²) in [5.41, 5.74) is 2.25. The number of amides is 1. The van der Waals surface area contributed by atoms with Crippen molar-refractivity contribution in [3.63, 3.8) is 0 Å². The quantitative estimate of drug-likeness (QED) is 0.752. The number of hydrogen-bond acceptors (Lipinski definition) is 5. The zero-order valence-electron chi connectivity index (χ0n) is 14.6. The maximum absolute atomic E-state index is 11.9. The predicted molar refractivity (Wildman–Crippen MR) is 98.3 cm³/mol. The highest BCUT2D eigenvalue weighted by atomic mass is 32.1. The van der Waals surface area contributed by atoms with E-state index in [1.165, 1.54) is 5.56 Å². The fraction of sp³-hybridized carbons (Fsp3) is 0.316. The van der Waals surface area contributed by atoms with Gasteiger partial charge < -0.3 is 9.84 Å². The van der Waals surface area contributed by atoms with Crippen LogP contribution in [-0.2, 0) is 23.2 Å². The third-order valence-electron chi connectivity index (χ3n) is 3.83. The molecule has 1 aromatic carbocycles. The lowest BCUT2D eigenvalue weighted by molar-refractivity contribution is -0.120. The average Bonchev–Trinajstić information content (AvgIpc) is 3.24. The molecule has 0 radical (unpaired) electrons. The molecule has 3 aromatic rings. The van der Waals surface area contributed by atoms with E-state index in [-0.39, 0.29) is 17.9 Å².